The molecule has 1 aliphatic carbocycles. The highest BCUT2D eigenvalue weighted by Crippen LogP contribution is 2.29. The van der Waals surface area contributed by atoms with Crippen LogP contribution in [0, 0.1) is 19.8 Å². The van der Waals surface area contributed by atoms with Crippen LogP contribution in [0.2, 0.25) is 0 Å². The Bertz CT molecular complexity index is 410. The molecule has 1 amide bonds. The molecule has 1 N–H and O–H groups in total. The van der Waals surface area contributed by atoms with Crippen molar-refractivity contribution in [3.63, 3.8) is 0 Å². The van der Waals surface area contributed by atoms with Crippen molar-refractivity contribution >= 4 is 33.2 Å². The number of aryl methyl sites for hydroxylation is 2. The molecular formula is C14H20BrNOS. The van der Waals surface area contributed by atoms with Crippen molar-refractivity contribution in [3.05, 3.63) is 21.4 Å². The van der Waals surface area contributed by atoms with Crippen LogP contribution in [0.3, 0.4) is 0 Å². The third kappa shape index (κ3) is 3.35. The standard InChI is InChI=1S/C14H20BrNOS/c1-9-7-13(18-10(9)2)14(17)16-8-11-5-3-4-6-12(11)15/h7,11-12H,3-6,8H2,1-2H3,(H,16,17). The zero-order valence-electron chi connectivity index (χ0n) is 11.0. The summed E-state index contributed by atoms with van der Waals surface area (Å²) in [6.45, 7) is 4.91. The number of amides is 1. The van der Waals surface area contributed by atoms with Crippen LogP contribution in [0.4, 0.5) is 0 Å². The zero-order valence-corrected chi connectivity index (χ0v) is 13.4. The van der Waals surface area contributed by atoms with E-state index in [1.54, 1.807) is 11.3 Å². The first-order valence-electron chi connectivity index (χ1n) is 6.57. The monoisotopic (exact) mass is 329 g/mol. The van der Waals surface area contributed by atoms with Crippen LogP contribution in [0.1, 0.15) is 45.8 Å². The fourth-order valence-corrected chi connectivity index (χ4v) is 4.11. The van der Waals surface area contributed by atoms with E-state index < -0.39 is 0 Å². The molecule has 0 aromatic carbocycles. The minimum absolute atomic E-state index is 0.0847. The van der Waals surface area contributed by atoms with E-state index in [0.29, 0.717) is 10.7 Å². The number of thiophene rings is 1. The van der Waals surface area contributed by atoms with E-state index in [0.717, 1.165) is 11.4 Å². The predicted octanol–water partition coefficient (Wildman–Crippen LogP) is 4.05. The molecule has 18 heavy (non-hydrogen) atoms. The summed E-state index contributed by atoms with van der Waals surface area (Å²) < 4.78 is 0. The van der Waals surface area contributed by atoms with Gasteiger partial charge < -0.3 is 5.32 Å². The van der Waals surface area contributed by atoms with Gasteiger partial charge in [0.05, 0.1) is 4.88 Å². The van der Waals surface area contributed by atoms with Gasteiger partial charge in [0.25, 0.3) is 5.91 Å². The quantitative estimate of drug-likeness (QED) is 0.833. The van der Waals surface area contributed by atoms with E-state index in [9.17, 15) is 4.79 Å². The van der Waals surface area contributed by atoms with Gasteiger partial charge in [-0.25, -0.2) is 0 Å². The second-order valence-electron chi connectivity index (χ2n) is 5.12. The molecular weight excluding hydrogens is 310 g/mol. The first-order valence-corrected chi connectivity index (χ1v) is 8.30. The lowest BCUT2D eigenvalue weighted by Gasteiger charge is -2.27. The van der Waals surface area contributed by atoms with Gasteiger partial charge in [-0.05, 0) is 44.2 Å². The summed E-state index contributed by atoms with van der Waals surface area (Å²) in [6.07, 6.45) is 5.06. The fraction of sp³-hybridized carbons (Fsp3) is 0.643. The Hall–Kier alpha value is -0.350. The van der Waals surface area contributed by atoms with Gasteiger partial charge in [-0.15, -0.1) is 11.3 Å². The molecule has 2 unspecified atom stereocenters. The Morgan fingerprint density at radius 1 is 1.44 bits per heavy atom. The van der Waals surface area contributed by atoms with E-state index in [4.69, 9.17) is 0 Å². The minimum atomic E-state index is 0.0847. The number of alkyl halides is 1. The van der Waals surface area contributed by atoms with Crippen LogP contribution in [-0.2, 0) is 0 Å². The molecule has 1 fully saturated rings. The van der Waals surface area contributed by atoms with E-state index in [2.05, 4.69) is 35.1 Å². The first kappa shape index (κ1) is 14.1. The van der Waals surface area contributed by atoms with E-state index in [1.165, 1.54) is 36.1 Å². The zero-order chi connectivity index (χ0) is 13.1. The molecule has 0 saturated heterocycles. The SMILES string of the molecule is Cc1cc(C(=O)NCC2CCCCC2Br)sc1C. The first-order chi connectivity index (χ1) is 8.58. The summed E-state index contributed by atoms with van der Waals surface area (Å²) in [5.74, 6) is 0.673. The topological polar surface area (TPSA) is 29.1 Å². The van der Waals surface area contributed by atoms with Crippen molar-refractivity contribution in [1.82, 2.24) is 5.32 Å². The smallest absolute Gasteiger partial charge is 0.261 e. The van der Waals surface area contributed by atoms with Crippen LogP contribution in [0.5, 0.6) is 0 Å². The summed E-state index contributed by atoms with van der Waals surface area (Å²) in [5.41, 5.74) is 1.21. The highest BCUT2D eigenvalue weighted by Gasteiger charge is 2.23. The molecule has 0 radical (unpaired) electrons. The molecule has 0 bridgehead atoms. The van der Waals surface area contributed by atoms with Crippen LogP contribution in [-0.4, -0.2) is 17.3 Å². The van der Waals surface area contributed by atoms with Gasteiger partial charge in [0, 0.05) is 16.2 Å². The van der Waals surface area contributed by atoms with E-state index >= 15 is 0 Å². The second kappa shape index (κ2) is 6.20. The Morgan fingerprint density at radius 2 is 2.17 bits per heavy atom. The number of nitrogens with one attached hydrogen (secondary N) is 1. The fourth-order valence-electron chi connectivity index (χ4n) is 2.39. The Labute approximate surface area is 121 Å². The largest absolute Gasteiger partial charge is 0.351 e. The normalized spacial score (nSPS) is 23.9. The highest BCUT2D eigenvalue weighted by atomic mass is 79.9. The van der Waals surface area contributed by atoms with Crippen molar-refractivity contribution in [3.8, 4) is 0 Å². The van der Waals surface area contributed by atoms with E-state index in [-0.39, 0.29) is 5.91 Å². The molecule has 1 aromatic heterocycles. The number of hydrogen-bond donors (Lipinski definition) is 1. The van der Waals surface area contributed by atoms with E-state index in [1.807, 2.05) is 6.07 Å². The van der Waals surface area contributed by atoms with Crippen LogP contribution in [0.15, 0.2) is 6.07 Å². The molecule has 1 saturated carbocycles. The molecule has 2 atom stereocenters. The molecule has 0 aliphatic heterocycles. The summed E-state index contributed by atoms with van der Waals surface area (Å²) in [5, 5.41) is 3.08. The van der Waals surface area contributed by atoms with Crippen molar-refractivity contribution in [2.24, 2.45) is 5.92 Å². The molecule has 1 aromatic rings. The number of rotatable bonds is 3. The van der Waals surface area contributed by atoms with Crippen LogP contribution < -0.4 is 5.32 Å². The molecule has 0 spiro atoms. The van der Waals surface area contributed by atoms with Crippen LogP contribution in [0.25, 0.3) is 0 Å². The maximum atomic E-state index is 12.0. The van der Waals surface area contributed by atoms with Gasteiger partial charge in [-0.3, -0.25) is 4.79 Å². The molecule has 100 valence electrons. The lowest BCUT2D eigenvalue weighted by atomic mass is 9.89. The number of carbonyl (C=O) groups is 1. The van der Waals surface area contributed by atoms with Gasteiger partial charge >= 0.3 is 0 Å². The summed E-state index contributed by atoms with van der Waals surface area (Å²) in [7, 11) is 0. The lowest BCUT2D eigenvalue weighted by Crippen LogP contribution is -2.34. The minimum Gasteiger partial charge on any atom is -0.351 e. The van der Waals surface area contributed by atoms with Gasteiger partial charge in [0.1, 0.15) is 0 Å². The number of halogens is 1. The van der Waals surface area contributed by atoms with Crippen molar-refractivity contribution in [2.75, 3.05) is 6.54 Å². The summed E-state index contributed by atoms with van der Waals surface area (Å²) in [4.78, 5) is 14.7. The average Bonchev–Trinajstić information content (AvgIpc) is 2.68. The lowest BCUT2D eigenvalue weighted by molar-refractivity contribution is 0.0948. The van der Waals surface area contributed by atoms with Crippen molar-refractivity contribution in [1.29, 1.82) is 0 Å². The van der Waals surface area contributed by atoms with Gasteiger partial charge in [0.15, 0.2) is 0 Å². The van der Waals surface area contributed by atoms with Crippen LogP contribution >= 0.6 is 27.3 Å². The number of hydrogen-bond acceptors (Lipinski definition) is 2. The molecule has 2 rings (SSSR count). The van der Waals surface area contributed by atoms with Crippen molar-refractivity contribution in [2.45, 2.75) is 44.4 Å². The number of carbonyl (C=O) groups excluding carboxylic acids is 1. The third-order valence-corrected chi connectivity index (χ3v) is 6.09. The second-order valence-corrected chi connectivity index (χ2v) is 7.55. The van der Waals surface area contributed by atoms with Gasteiger partial charge in [-0.2, -0.15) is 0 Å². The average molecular weight is 330 g/mol. The Kier molecular flexibility index (Phi) is 4.84. The third-order valence-electron chi connectivity index (χ3n) is 3.73. The molecule has 4 heteroatoms. The predicted molar refractivity (Wildman–Crippen MR) is 80.8 cm³/mol. The Balaban J connectivity index is 1.88. The van der Waals surface area contributed by atoms with Gasteiger partial charge in [-0.1, -0.05) is 28.8 Å². The maximum Gasteiger partial charge on any atom is 0.261 e. The highest BCUT2D eigenvalue weighted by molar-refractivity contribution is 9.09. The summed E-state index contributed by atoms with van der Waals surface area (Å²) >= 11 is 5.31. The van der Waals surface area contributed by atoms with Crippen molar-refractivity contribution < 1.29 is 4.79 Å². The molecule has 2 nitrogen and oxygen atoms in total. The van der Waals surface area contributed by atoms with Gasteiger partial charge in [0.2, 0.25) is 0 Å². The molecule has 1 heterocycles. The molecule has 1 aliphatic rings. The maximum absolute atomic E-state index is 12.0. The Morgan fingerprint density at radius 3 is 2.78 bits per heavy atom. The summed E-state index contributed by atoms with van der Waals surface area (Å²) in [6, 6.07) is 1.99.